The van der Waals surface area contributed by atoms with E-state index in [2.05, 4.69) is 17.4 Å². The van der Waals surface area contributed by atoms with Gasteiger partial charge in [-0.05, 0) is 73.6 Å². The van der Waals surface area contributed by atoms with E-state index in [9.17, 15) is 14.3 Å². The zero-order chi connectivity index (χ0) is 23.5. The summed E-state index contributed by atoms with van der Waals surface area (Å²) in [5.41, 5.74) is 4.26. The van der Waals surface area contributed by atoms with E-state index in [-0.39, 0.29) is 6.54 Å². The molecular formula is C27H34FN3O3. The van der Waals surface area contributed by atoms with Crippen LogP contribution in [-0.2, 0) is 22.4 Å². The monoisotopic (exact) mass is 467 g/mol. The van der Waals surface area contributed by atoms with Gasteiger partial charge in [0.2, 0.25) is 0 Å². The lowest BCUT2D eigenvalue weighted by molar-refractivity contribution is -0.143. The Balaban J connectivity index is 1.12. The number of ether oxygens (including phenoxy) is 1. The molecule has 3 aliphatic rings. The average molecular weight is 468 g/mol. The van der Waals surface area contributed by atoms with Gasteiger partial charge in [-0.3, -0.25) is 9.69 Å². The quantitative estimate of drug-likeness (QED) is 0.501. The van der Waals surface area contributed by atoms with Gasteiger partial charge in [-0.25, -0.2) is 9.37 Å². The summed E-state index contributed by atoms with van der Waals surface area (Å²) in [5.74, 6) is 0.532. The average Bonchev–Trinajstić information content (AvgIpc) is 3.62. The van der Waals surface area contributed by atoms with E-state index in [1.54, 1.807) is 4.90 Å². The summed E-state index contributed by atoms with van der Waals surface area (Å²) < 4.78 is 20.7. The summed E-state index contributed by atoms with van der Waals surface area (Å²) in [5, 5.41) is 13.4. The molecule has 1 aromatic carbocycles. The van der Waals surface area contributed by atoms with Crippen molar-refractivity contribution in [3.05, 3.63) is 58.8 Å². The van der Waals surface area contributed by atoms with Crippen LogP contribution in [0.2, 0.25) is 0 Å². The summed E-state index contributed by atoms with van der Waals surface area (Å²) in [6.45, 7) is 1.84. The van der Waals surface area contributed by atoms with Crippen molar-refractivity contribution >= 4 is 11.8 Å². The van der Waals surface area contributed by atoms with Crippen LogP contribution in [0.1, 0.15) is 66.4 Å². The SMILES string of the molecule is O=C(O)[C@@H](c1ccccc1C1CC1)N1C[C@H](F)[C@H](OCCCCc2ccc3c(n2)NCCC3)C1. The molecule has 1 saturated heterocycles. The first-order valence-corrected chi connectivity index (χ1v) is 12.6. The van der Waals surface area contributed by atoms with Gasteiger partial charge >= 0.3 is 5.97 Å². The number of carbonyl (C=O) groups is 1. The van der Waals surface area contributed by atoms with E-state index in [0.29, 0.717) is 19.1 Å². The Morgan fingerprint density at radius 1 is 1.21 bits per heavy atom. The maximum atomic E-state index is 14.8. The highest BCUT2D eigenvalue weighted by atomic mass is 19.1. The number of unbranched alkanes of at least 4 members (excludes halogenated alkanes) is 1. The van der Waals surface area contributed by atoms with Gasteiger partial charge in [-0.2, -0.15) is 0 Å². The van der Waals surface area contributed by atoms with Crippen molar-refractivity contribution in [3.8, 4) is 0 Å². The molecule has 0 bridgehead atoms. The van der Waals surface area contributed by atoms with Crippen molar-refractivity contribution in [3.63, 3.8) is 0 Å². The molecule has 0 amide bonds. The van der Waals surface area contributed by atoms with Crippen LogP contribution in [0.15, 0.2) is 36.4 Å². The van der Waals surface area contributed by atoms with Gasteiger partial charge in [0.05, 0.1) is 0 Å². The number of aliphatic carboxylic acids is 1. The lowest BCUT2D eigenvalue weighted by Crippen LogP contribution is -2.34. The third-order valence-electron chi connectivity index (χ3n) is 7.24. The molecule has 34 heavy (non-hydrogen) atoms. The molecule has 3 atom stereocenters. The maximum absolute atomic E-state index is 14.8. The van der Waals surface area contributed by atoms with Crippen LogP contribution in [-0.4, -0.2) is 59.5 Å². The number of fused-ring (bicyclic) bond motifs is 1. The smallest absolute Gasteiger partial charge is 0.325 e. The molecule has 1 aliphatic carbocycles. The highest BCUT2D eigenvalue weighted by Gasteiger charge is 2.42. The first kappa shape index (κ1) is 23.2. The van der Waals surface area contributed by atoms with Gasteiger partial charge in [-0.15, -0.1) is 0 Å². The highest BCUT2D eigenvalue weighted by molar-refractivity contribution is 5.76. The summed E-state index contributed by atoms with van der Waals surface area (Å²) in [7, 11) is 0. The fourth-order valence-corrected chi connectivity index (χ4v) is 5.29. The first-order chi connectivity index (χ1) is 16.6. The van der Waals surface area contributed by atoms with E-state index >= 15 is 0 Å². The molecule has 7 heteroatoms. The number of likely N-dealkylation sites (tertiary alicyclic amines) is 1. The van der Waals surface area contributed by atoms with Gasteiger partial charge in [0, 0.05) is 31.9 Å². The van der Waals surface area contributed by atoms with E-state index < -0.39 is 24.3 Å². The molecule has 2 fully saturated rings. The Morgan fingerprint density at radius 2 is 2.06 bits per heavy atom. The number of hydrogen-bond donors (Lipinski definition) is 2. The summed E-state index contributed by atoms with van der Waals surface area (Å²) in [6, 6.07) is 11.2. The van der Waals surface area contributed by atoms with Crippen molar-refractivity contribution in [2.24, 2.45) is 0 Å². The van der Waals surface area contributed by atoms with E-state index in [4.69, 9.17) is 9.72 Å². The van der Waals surface area contributed by atoms with E-state index in [1.807, 2.05) is 24.3 Å². The first-order valence-electron chi connectivity index (χ1n) is 12.6. The van der Waals surface area contributed by atoms with Crippen LogP contribution in [0.5, 0.6) is 0 Å². The summed E-state index contributed by atoms with van der Waals surface area (Å²) >= 11 is 0. The molecule has 0 radical (unpaired) electrons. The fourth-order valence-electron chi connectivity index (χ4n) is 5.29. The lowest BCUT2D eigenvalue weighted by atomic mass is 9.96. The minimum absolute atomic E-state index is 0.0900. The second kappa shape index (κ2) is 10.4. The summed E-state index contributed by atoms with van der Waals surface area (Å²) in [4.78, 5) is 18.7. The molecule has 1 aromatic heterocycles. The van der Waals surface area contributed by atoms with Crippen molar-refractivity contribution in [1.29, 1.82) is 0 Å². The molecule has 1 saturated carbocycles. The molecule has 182 valence electrons. The molecule has 5 rings (SSSR count). The number of nitrogens with zero attached hydrogens (tertiary/aromatic N) is 2. The van der Waals surface area contributed by atoms with Gasteiger partial charge in [-0.1, -0.05) is 30.3 Å². The number of pyridine rings is 1. The third kappa shape index (κ3) is 5.26. The lowest BCUT2D eigenvalue weighted by Gasteiger charge is -2.26. The molecular weight excluding hydrogens is 433 g/mol. The Morgan fingerprint density at radius 3 is 2.88 bits per heavy atom. The molecule has 0 spiro atoms. The Labute approximate surface area is 200 Å². The zero-order valence-corrected chi connectivity index (χ0v) is 19.6. The minimum atomic E-state index is -1.18. The maximum Gasteiger partial charge on any atom is 0.325 e. The predicted octanol–water partition coefficient (Wildman–Crippen LogP) is 4.50. The van der Waals surface area contributed by atoms with Crippen LogP contribution in [0.4, 0.5) is 10.2 Å². The number of aromatic nitrogens is 1. The largest absolute Gasteiger partial charge is 0.480 e. The number of hydrogen-bond acceptors (Lipinski definition) is 5. The van der Waals surface area contributed by atoms with Crippen LogP contribution >= 0.6 is 0 Å². The number of anilines is 1. The molecule has 3 heterocycles. The molecule has 2 N–H and O–H groups in total. The molecule has 6 nitrogen and oxygen atoms in total. The van der Waals surface area contributed by atoms with Crippen LogP contribution < -0.4 is 5.32 Å². The van der Waals surface area contributed by atoms with Gasteiger partial charge < -0.3 is 15.2 Å². The number of carboxylic acid groups (broad SMARTS) is 1. The summed E-state index contributed by atoms with van der Waals surface area (Å²) in [6.07, 6.45) is 5.28. The Kier molecular flexibility index (Phi) is 7.11. The van der Waals surface area contributed by atoms with Gasteiger partial charge in [0.1, 0.15) is 24.1 Å². The number of rotatable bonds is 10. The van der Waals surface area contributed by atoms with Crippen LogP contribution in [0.25, 0.3) is 0 Å². The topological polar surface area (TPSA) is 74.7 Å². The second-order valence-corrected chi connectivity index (χ2v) is 9.82. The number of carboxylic acids is 1. The molecule has 0 unspecified atom stereocenters. The fraction of sp³-hybridized carbons (Fsp3) is 0.556. The van der Waals surface area contributed by atoms with Crippen molar-refractivity contribution in [2.75, 3.05) is 31.6 Å². The predicted molar refractivity (Wildman–Crippen MR) is 129 cm³/mol. The van der Waals surface area contributed by atoms with Crippen molar-refractivity contribution < 1.29 is 19.0 Å². The number of aryl methyl sites for hydroxylation is 2. The highest BCUT2D eigenvalue weighted by Crippen LogP contribution is 2.44. The van der Waals surface area contributed by atoms with E-state index in [1.165, 1.54) is 5.56 Å². The standard InChI is InChI=1S/C27H34FN3O3/c28-23-16-31(25(27(32)33)22-9-2-1-8-21(22)18-10-11-18)17-24(23)34-15-4-3-7-20-13-12-19-6-5-14-29-26(19)30-20/h1-2,8-9,12-13,18,23-25H,3-7,10-11,14-17H2,(H,29,30)(H,32,33)/t23-,24+,25+/m0/s1. The zero-order valence-electron chi connectivity index (χ0n) is 19.6. The normalized spacial score (nSPS) is 23.3. The number of alkyl halides is 1. The van der Waals surface area contributed by atoms with Crippen molar-refractivity contribution in [2.45, 2.75) is 69.2 Å². The van der Waals surface area contributed by atoms with Gasteiger partial charge in [0.15, 0.2) is 0 Å². The van der Waals surface area contributed by atoms with Crippen molar-refractivity contribution in [1.82, 2.24) is 9.88 Å². The Bertz CT molecular complexity index is 1010. The molecule has 2 aliphatic heterocycles. The third-order valence-corrected chi connectivity index (χ3v) is 7.24. The van der Waals surface area contributed by atoms with E-state index in [0.717, 1.165) is 74.1 Å². The minimum Gasteiger partial charge on any atom is -0.480 e. The second-order valence-electron chi connectivity index (χ2n) is 9.82. The number of halogens is 1. The van der Waals surface area contributed by atoms with Crippen LogP contribution in [0.3, 0.4) is 0 Å². The van der Waals surface area contributed by atoms with Crippen LogP contribution in [0, 0.1) is 0 Å². The Hall–Kier alpha value is -2.51. The number of benzene rings is 1. The van der Waals surface area contributed by atoms with Gasteiger partial charge in [0.25, 0.3) is 0 Å². The number of nitrogens with one attached hydrogen (secondary N) is 1. The molecule has 2 aromatic rings.